The van der Waals surface area contributed by atoms with Gasteiger partial charge < -0.3 is 15.4 Å². The zero-order valence-electron chi connectivity index (χ0n) is 12.7. The number of anilines is 2. The molecule has 0 fully saturated rings. The van der Waals surface area contributed by atoms with Crippen LogP contribution in [-0.2, 0) is 17.8 Å². The molecule has 2 aromatic heterocycles. The Balaban J connectivity index is 2.03. The number of nitrogens with one attached hydrogen (secondary N) is 2. The first kappa shape index (κ1) is 15.7. The molecule has 0 aromatic carbocycles. The summed E-state index contributed by atoms with van der Waals surface area (Å²) in [7, 11) is 1.85. The number of aromatic nitrogens is 2. The van der Waals surface area contributed by atoms with Crippen LogP contribution in [0.5, 0.6) is 0 Å². The molecule has 5 nitrogen and oxygen atoms in total. The number of thiophene rings is 1. The normalized spacial score (nSPS) is 12.1. The van der Waals surface area contributed by atoms with Gasteiger partial charge in [-0.3, -0.25) is 0 Å². The first-order valence-electron chi connectivity index (χ1n) is 7.12. The van der Waals surface area contributed by atoms with Crippen molar-refractivity contribution >= 4 is 23.0 Å². The minimum atomic E-state index is 0.305. The van der Waals surface area contributed by atoms with Gasteiger partial charge in [-0.15, -0.1) is 0 Å². The van der Waals surface area contributed by atoms with Crippen molar-refractivity contribution in [3.8, 4) is 0 Å². The second-order valence-corrected chi connectivity index (χ2v) is 5.60. The van der Waals surface area contributed by atoms with Crippen molar-refractivity contribution in [1.82, 2.24) is 9.97 Å². The fourth-order valence-corrected chi connectivity index (χ4v) is 2.70. The van der Waals surface area contributed by atoms with Crippen molar-refractivity contribution in [2.45, 2.75) is 32.9 Å². The van der Waals surface area contributed by atoms with Gasteiger partial charge >= 0.3 is 0 Å². The highest BCUT2D eigenvalue weighted by Crippen LogP contribution is 2.15. The Morgan fingerprint density at radius 2 is 2.14 bits per heavy atom. The standard InChI is InChI=1S/C15H22N4OS/c1-4-20-9-15-18-13(16-3)8-14(19-15)17-11(2)7-12-5-6-21-10-12/h5-6,8,10-11H,4,7,9H2,1-3H3,(H2,16,17,18,19). The van der Waals surface area contributed by atoms with E-state index in [2.05, 4.69) is 44.4 Å². The van der Waals surface area contributed by atoms with Crippen LogP contribution >= 0.6 is 11.3 Å². The summed E-state index contributed by atoms with van der Waals surface area (Å²) in [5, 5.41) is 10.8. The van der Waals surface area contributed by atoms with Gasteiger partial charge in [0.1, 0.15) is 18.2 Å². The fourth-order valence-electron chi connectivity index (χ4n) is 2.02. The number of hydrogen-bond donors (Lipinski definition) is 2. The summed E-state index contributed by atoms with van der Waals surface area (Å²) in [5.74, 6) is 2.31. The van der Waals surface area contributed by atoms with Crippen molar-refractivity contribution in [1.29, 1.82) is 0 Å². The maximum absolute atomic E-state index is 5.39. The van der Waals surface area contributed by atoms with Gasteiger partial charge in [-0.25, -0.2) is 9.97 Å². The van der Waals surface area contributed by atoms with E-state index >= 15 is 0 Å². The SMILES string of the molecule is CCOCc1nc(NC)cc(NC(C)Cc2ccsc2)n1. The Hall–Kier alpha value is -1.66. The molecule has 0 bridgehead atoms. The number of hydrogen-bond acceptors (Lipinski definition) is 6. The van der Waals surface area contributed by atoms with E-state index in [-0.39, 0.29) is 0 Å². The predicted octanol–water partition coefficient (Wildman–Crippen LogP) is 3.16. The number of nitrogens with zero attached hydrogens (tertiary/aromatic N) is 2. The Bertz CT molecular complexity index is 545. The molecule has 0 aliphatic carbocycles. The summed E-state index contributed by atoms with van der Waals surface area (Å²) in [6.45, 7) is 5.20. The molecule has 2 heterocycles. The fraction of sp³-hybridized carbons (Fsp3) is 0.467. The summed E-state index contributed by atoms with van der Waals surface area (Å²) >= 11 is 1.73. The molecule has 2 rings (SSSR count). The largest absolute Gasteiger partial charge is 0.374 e. The van der Waals surface area contributed by atoms with Crippen molar-refractivity contribution in [3.05, 3.63) is 34.3 Å². The van der Waals surface area contributed by atoms with Crippen molar-refractivity contribution < 1.29 is 4.74 Å². The van der Waals surface area contributed by atoms with Crippen LogP contribution in [0.15, 0.2) is 22.9 Å². The van der Waals surface area contributed by atoms with Crippen LogP contribution in [0, 0.1) is 0 Å². The highest BCUT2D eigenvalue weighted by atomic mass is 32.1. The topological polar surface area (TPSA) is 59.1 Å². The van der Waals surface area contributed by atoms with E-state index in [1.165, 1.54) is 5.56 Å². The van der Waals surface area contributed by atoms with Crippen molar-refractivity contribution in [2.75, 3.05) is 24.3 Å². The van der Waals surface area contributed by atoms with E-state index < -0.39 is 0 Å². The highest BCUT2D eigenvalue weighted by Gasteiger charge is 2.08. The second kappa shape index (κ2) is 7.95. The molecule has 0 amide bonds. The maximum Gasteiger partial charge on any atom is 0.158 e. The first-order valence-corrected chi connectivity index (χ1v) is 8.06. The monoisotopic (exact) mass is 306 g/mol. The number of ether oxygens (including phenoxy) is 1. The van der Waals surface area contributed by atoms with E-state index in [1.54, 1.807) is 11.3 Å². The second-order valence-electron chi connectivity index (χ2n) is 4.82. The molecule has 1 unspecified atom stereocenters. The third-order valence-electron chi connectivity index (χ3n) is 2.98. The molecule has 2 aromatic rings. The van der Waals surface area contributed by atoms with Gasteiger partial charge in [-0.2, -0.15) is 11.3 Å². The van der Waals surface area contributed by atoms with Crippen LogP contribution in [0.25, 0.3) is 0 Å². The van der Waals surface area contributed by atoms with Gasteiger partial charge in [0.2, 0.25) is 0 Å². The van der Waals surface area contributed by atoms with Gasteiger partial charge in [-0.1, -0.05) is 0 Å². The Morgan fingerprint density at radius 1 is 1.33 bits per heavy atom. The van der Waals surface area contributed by atoms with Gasteiger partial charge in [0, 0.05) is 25.8 Å². The summed E-state index contributed by atoms with van der Waals surface area (Å²) in [4.78, 5) is 8.89. The van der Waals surface area contributed by atoms with Crippen LogP contribution in [0.2, 0.25) is 0 Å². The lowest BCUT2D eigenvalue weighted by Crippen LogP contribution is -2.19. The quantitative estimate of drug-likeness (QED) is 0.784. The highest BCUT2D eigenvalue weighted by molar-refractivity contribution is 7.07. The molecule has 0 aliphatic heterocycles. The average Bonchev–Trinajstić information content (AvgIpc) is 2.97. The molecule has 6 heteroatoms. The summed E-state index contributed by atoms with van der Waals surface area (Å²) < 4.78 is 5.39. The zero-order chi connectivity index (χ0) is 15.1. The van der Waals surface area contributed by atoms with Crippen LogP contribution in [-0.4, -0.2) is 29.7 Å². The summed E-state index contributed by atoms with van der Waals surface area (Å²) in [6.07, 6.45) is 0.975. The zero-order valence-corrected chi connectivity index (χ0v) is 13.5. The van der Waals surface area contributed by atoms with Crippen molar-refractivity contribution in [2.24, 2.45) is 0 Å². The molecule has 2 N–H and O–H groups in total. The van der Waals surface area contributed by atoms with Gasteiger partial charge in [0.25, 0.3) is 0 Å². The van der Waals surface area contributed by atoms with E-state index in [4.69, 9.17) is 4.74 Å². The van der Waals surface area contributed by atoms with E-state index in [1.807, 2.05) is 20.0 Å². The smallest absolute Gasteiger partial charge is 0.158 e. The van der Waals surface area contributed by atoms with E-state index in [9.17, 15) is 0 Å². The van der Waals surface area contributed by atoms with E-state index in [0.717, 1.165) is 18.1 Å². The third kappa shape index (κ3) is 4.99. The molecule has 0 radical (unpaired) electrons. The summed E-state index contributed by atoms with van der Waals surface area (Å²) in [5.41, 5.74) is 1.34. The Kier molecular flexibility index (Phi) is 5.95. The maximum atomic E-state index is 5.39. The molecule has 0 saturated carbocycles. The average molecular weight is 306 g/mol. The minimum Gasteiger partial charge on any atom is -0.374 e. The lowest BCUT2D eigenvalue weighted by atomic mass is 10.1. The first-order chi connectivity index (χ1) is 10.2. The van der Waals surface area contributed by atoms with Gasteiger partial charge in [0.05, 0.1) is 0 Å². The molecule has 0 saturated heterocycles. The van der Waals surface area contributed by atoms with Gasteiger partial charge in [-0.05, 0) is 42.7 Å². The lowest BCUT2D eigenvalue weighted by molar-refractivity contribution is 0.128. The van der Waals surface area contributed by atoms with Gasteiger partial charge in [0.15, 0.2) is 5.82 Å². The molecule has 1 atom stereocenters. The number of rotatable bonds is 8. The van der Waals surface area contributed by atoms with Crippen LogP contribution in [0.3, 0.4) is 0 Å². The molecule has 0 spiro atoms. The molecule has 21 heavy (non-hydrogen) atoms. The molecule has 114 valence electrons. The molecular weight excluding hydrogens is 284 g/mol. The van der Waals surface area contributed by atoms with Crippen LogP contribution in [0.1, 0.15) is 25.2 Å². The molecule has 0 aliphatic rings. The van der Waals surface area contributed by atoms with Crippen LogP contribution < -0.4 is 10.6 Å². The third-order valence-corrected chi connectivity index (χ3v) is 3.71. The Morgan fingerprint density at radius 3 is 2.81 bits per heavy atom. The summed E-state index contributed by atoms with van der Waals surface area (Å²) in [6, 6.07) is 4.38. The molecular formula is C15H22N4OS. The van der Waals surface area contributed by atoms with Crippen LogP contribution in [0.4, 0.5) is 11.6 Å². The van der Waals surface area contributed by atoms with E-state index in [0.29, 0.717) is 25.1 Å². The predicted molar refractivity (Wildman–Crippen MR) is 88.0 cm³/mol. The lowest BCUT2D eigenvalue weighted by Gasteiger charge is -2.15. The Labute approximate surface area is 129 Å². The minimum absolute atomic E-state index is 0.305. The van der Waals surface area contributed by atoms with Crippen molar-refractivity contribution in [3.63, 3.8) is 0 Å².